The lowest BCUT2D eigenvalue weighted by Gasteiger charge is -2.14. The van der Waals surface area contributed by atoms with E-state index in [0.29, 0.717) is 11.4 Å². The first-order valence-corrected chi connectivity index (χ1v) is 6.68. The standard InChI is InChI=1S/C15H14Cl2FN/c1-9-2-3-10(12(16)6-9)8-15(19)11-4-5-14(18)13(17)7-11/h2-7,15H,8,19H2,1H3. The molecule has 0 saturated carbocycles. The molecule has 0 aromatic heterocycles. The van der Waals surface area contributed by atoms with Gasteiger partial charge >= 0.3 is 0 Å². The van der Waals surface area contributed by atoms with E-state index in [2.05, 4.69) is 0 Å². The summed E-state index contributed by atoms with van der Waals surface area (Å²) in [6.07, 6.45) is 0.584. The van der Waals surface area contributed by atoms with E-state index in [9.17, 15) is 4.39 Å². The van der Waals surface area contributed by atoms with E-state index < -0.39 is 5.82 Å². The minimum Gasteiger partial charge on any atom is -0.324 e. The van der Waals surface area contributed by atoms with Gasteiger partial charge in [0.15, 0.2) is 0 Å². The molecule has 0 radical (unpaired) electrons. The minimum atomic E-state index is -0.439. The molecule has 1 unspecified atom stereocenters. The third-order valence-electron chi connectivity index (χ3n) is 3.02. The van der Waals surface area contributed by atoms with Crippen LogP contribution in [-0.2, 0) is 6.42 Å². The first-order chi connectivity index (χ1) is 8.97. The number of rotatable bonds is 3. The van der Waals surface area contributed by atoms with E-state index in [-0.39, 0.29) is 11.1 Å². The second kappa shape index (κ2) is 5.91. The average molecular weight is 298 g/mol. The van der Waals surface area contributed by atoms with Gasteiger partial charge in [0.2, 0.25) is 0 Å². The van der Waals surface area contributed by atoms with Crippen LogP contribution in [0, 0.1) is 12.7 Å². The van der Waals surface area contributed by atoms with Crippen molar-refractivity contribution in [3.05, 3.63) is 69.0 Å². The van der Waals surface area contributed by atoms with E-state index >= 15 is 0 Å². The molecule has 1 atom stereocenters. The summed E-state index contributed by atoms with van der Waals surface area (Å²) in [6.45, 7) is 1.98. The first-order valence-electron chi connectivity index (χ1n) is 5.93. The van der Waals surface area contributed by atoms with Gasteiger partial charge in [-0.05, 0) is 48.2 Å². The Bertz CT molecular complexity index is 599. The van der Waals surface area contributed by atoms with Gasteiger partial charge in [-0.2, -0.15) is 0 Å². The number of nitrogens with two attached hydrogens (primary N) is 1. The Kier molecular flexibility index (Phi) is 4.46. The van der Waals surface area contributed by atoms with Crippen LogP contribution in [0.2, 0.25) is 10.0 Å². The maximum absolute atomic E-state index is 13.1. The third-order valence-corrected chi connectivity index (χ3v) is 3.66. The molecule has 0 heterocycles. The van der Waals surface area contributed by atoms with Crippen molar-refractivity contribution >= 4 is 23.2 Å². The van der Waals surface area contributed by atoms with Crippen molar-refractivity contribution in [3.8, 4) is 0 Å². The van der Waals surface area contributed by atoms with Crippen LogP contribution in [0.25, 0.3) is 0 Å². The molecule has 2 aromatic rings. The summed E-state index contributed by atoms with van der Waals surface area (Å²) >= 11 is 11.9. The molecule has 0 fully saturated rings. The predicted molar refractivity (Wildman–Crippen MR) is 78.2 cm³/mol. The average Bonchev–Trinajstić information content (AvgIpc) is 2.36. The summed E-state index contributed by atoms with van der Waals surface area (Å²) < 4.78 is 13.1. The van der Waals surface area contributed by atoms with Crippen LogP contribution in [0.5, 0.6) is 0 Å². The molecule has 0 bridgehead atoms. The second-order valence-corrected chi connectivity index (χ2v) is 5.39. The Morgan fingerprint density at radius 3 is 2.47 bits per heavy atom. The van der Waals surface area contributed by atoms with Gasteiger partial charge in [-0.15, -0.1) is 0 Å². The van der Waals surface area contributed by atoms with Gasteiger partial charge in [-0.1, -0.05) is 41.4 Å². The second-order valence-electron chi connectivity index (χ2n) is 4.58. The number of hydrogen-bond acceptors (Lipinski definition) is 1. The first kappa shape index (κ1) is 14.3. The van der Waals surface area contributed by atoms with Gasteiger partial charge in [-0.3, -0.25) is 0 Å². The van der Waals surface area contributed by atoms with Crippen molar-refractivity contribution < 1.29 is 4.39 Å². The molecule has 4 heteroatoms. The molecule has 0 aliphatic carbocycles. The lowest BCUT2D eigenvalue weighted by molar-refractivity contribution is 0.625. The molecule has 0 saturated heterocycles. The fourth-order valence-corrected chi connectivity index (χ4v) is 2.42. The highest BCUT2D eigenvalue weighted by atomic mass is 35.5. The maximum Gasteiger partial charge on any atom is 0.141 e. The summed E-state index contributed by atoms with van der Waals surface area (Å²) in [6, 6.07) is 10.1. The van der Waals surface area contributed by atoms with Crippen molar-refractivity contribution in [1.82, 2.24) is 0 Å². The Labute approximate surface area is 122 Å². The van der Waals surface area contributed by atoms with Crippen LogP contribution in [0.1, 0.15) is 22.7 Å². The lowest BCUT2D eigenvalue weighted by atomic mass is 9.99. The van der Waals surface area contributed by atoms with Crippen LogP contribution in [0.15, 0.2) is 36.4 Å². The highest BCUT2D eigenvalue weighted by Crippen LogP contribution is 2.25. The van der Waals surface area contributed by atoms with Crippen molar-refractivity contribution in [2.24, 2.45) is 5.73 Å². The van der Waals surface area contributed by atoms with Crippen molar-refractivity contribution in [3.63, 3.8) is 0 Å². The molecule has 0 aliphatic heterocycles. The van der Waals surface area contributed by atoms with Crippen molar-refractivity contribution in [2.75, 3.05) is 0 Å². The lowest BCUT2D eigenvalue weighted by Crippen LogP contribution is -2.13. The zero-order valence-electron chi connectivity index (χ0n) is 10.5. The van der Waals surface area contributed by atoms with Gasteiger partial charge in [0, 0.05) is 11.1 Å². The van der Waals surface area contributed by atoms with E-state index in [4.69, 9.17) is 28.9 Å². The maximum atomic E-state index is 13.1. The molecular formula is C15H14Cl2FN. The quantitative estimate of drug-likeness (QED) is 0.874. The monoisotopic (exact) mass is 297 g/mol. The summed E-state index contributed by atoms with van der Waals surface area (Å²) in [5.74, 6) is -0.439. The zero-order chi connectivity index (χ0) is 14.0. The SMILES string of the molecule is Cc1ccc(CC(N)c2ccc(F)c(Cl)c2)c(Cl)c1. The Balaban J connectivity index is 2.20. The van der Waals surface area contributed by atoms with Gasteiger partial charge in [-0.25, -0.2) is 4.39 Å². The van der Waals surface area contributed by atoms with Crippen LogP contribution in [0.3, 0.4) is 0 Å². The molecular weight excluding hydrogens is 284 g/mol. The molecule has 2 aromatic carbocycles. The largest absolute Gasteiger partial charge is 0.324 e. The normalized spacial score (nSPS) is 12.5. The van der Waals surface area contributed by atoms with E-state index in [1.165, 1.54) is 6.07 Å². The van der Waals surface area contributed by atoms with Gasteiger partial charge in [0.05, 0.1) is 5.02 Å². The van der Waals surface area contributed by atoms with E-state index in [1.807, 2.05) is 25.1 Å². The van der Waals surface area contributed by atoms with Crippen LogP contribution in [-0.4, -0.2) is 0 Å². The predicted octanol–water partition coefficient (Wildman–Crippen LogP) is 4.68. The number of benzene rings is 2. The topological polar surface area (TPSA) is 26.0 Å². The Morgan fingerprint density at radius 1 is 1.11 bits per heavy atom. The number of halogens is 3. The van der Waals surface area contributed by atoms with Crippen molar-refractivity contribution in [2.45, 2.75) is 19.4 Å². The number of aryl methyl sites for hydroxylation is 1. The highest BCUT2D eigenvalue weighted by Gasteiger charge is 2.11. The third kappa shape index (κ3) is 3.47. The summed E-state index contributed by atoms with van der Waals surface area (Å²) in [4.78, 5) is 0. The Morgan fingerprint density at radius 2 is 1.84 bits per heavy atom. The van der Waals surface area contributed by atoms with Crippen LogP contribution in [0.4, 0.5) is 4.39 Å². The number of hydrogen-bond donors (Lipinski definition) is 1. The fraction of sp³-hybridized carbons (Fsp3) is 0.200. The van der Waals surface area contributed by atoms with Gasteiger partial charge < -0.3 is 5.73 Å². The van der Waals surface area contributed by atoms with E-state index in [1.54, 1.807) is 12.1 Å². The zero-order valence-corrected chi connectivity index (χ0v) is 12.0. The molecule has 0 aliphatic rings. The summed E-state index contributed by atoms with van der Waals surface area (Å²) in [5.41, 5.74) is 8.98. The summed E-state index contributed by atoms with van der Waals surface area (Å²) in [7, 11) is 0. The molecule has 100 valence electrons. The van der Waals surface area contributed by atoms with E-state index in [0.717, 1.165) is 16.7 Å². The molecule has 0 spiro atoms. The highest BCUT2D eigenvalue weighted by molar-refractivity contribution is 6.31. The smallest absolute Gasteiger partial charge is 0.141 e. The molecule has 1 nitrogen and oxygen atoms in total. The van der Waals surface area contributed by atoms with Gasteiger partial charge in [0.25, 0.3) is 0 Å². The summed E-state index contributed by atoms with van der Waals surface area (Å²) in [5, 5.41) is 0.784. The molecule has 2 rings (SSSR count). The minimum absolute atomic E-state index is 0.0861. The molecule has 2 N–H and O–H groups in total. The van der Waals surface area contributed by atoms with Crippen molar-refractivity contribution in [1.29, 1.82) is 0 Å². The Hall–Kier alpha value is -1.09. The molecule has 19 heavy (non-hydrogen) atoms. The molecule has 0 amide bonds. The van der Waals surface area contributed by atoms with Gasteiger partial charge in [0.1, 0.15) is 5.82 Å². The van der Waals surface area contributed by atoms with Crippen LogP contribution < -0.4 is 5.73 Å². The van der Waals surface area contributed by atoms with Crippen LogP contribution >= 0.6 is 23.2 Å². The fourth-order valence-electron chi connectivity index (χ4n) is 1.92.